The van der Waals surface area contributed by atoms with Gasteiger partial charge in [-0.3, -0.25) is 0 Å². The first kappa shape index (κ1) is 11.9. The Morgan fingerprint density at radius 2 is 1.95 bits per heavy atom. The Morgan fingerprint density at radius 3 is 2.63 bits per heavy atom. The largest absolute Gasteiger partial charge is 0.422 e. The second-order valence-electron chi connectivity index (χ2n) is 4.02. The molecule has 0 N–H and O–H groups in total. The van der Waals surface area contributed by atoms with Crippen molar-refractivity contribution in [3.05, 3.63) is 69.7 Å². The summed E-state index contributed by atoms with van der Waals surface area (Å²) >= 11 is 1.55. The molecule has 4 heteroatoms. The van der Waals surface area contributed by atoms with Crippen LogP contribution in [0.1, 0.15) is 10.4 Å². The monoisotopic (exact) mass is 272 g/mol. The Bertz CT molecular complexity index is 667. The lowest BCUT2D eigenvalue weighted by molar-refractivity contribution is -0.130. The van der Waals surface area contributed by atoms with Gasteiger partial charge in [0.05, 0.1) is 5.57 Å². The molecular weight excluding hydrogens is 263 g/mol. The summed E-state index contributed by atoms with van der Waals surface area (Å²) in [5.74, 6) is -0.247. The van der Waals surface area contributed by atoms with Crippen LogP contribution in [-0.4, -0.2) is 5.97 Å². The second-order valence-corrected chi connectivity index (χ2v) is 5.00. The van der Waals surface area contributed by atoms with E-state index >= 15 is 0 Å². The average Bonchev–Trinajstić information content (AvgIpc) is 3.02. The first-order valence-electron chi connectivity index (χ1n) is 5.67. The molecule has 0 unspecified atom stereocenters. The minimum Gasteiger partial charge on any atom is -0.422 e. The molecular formula is C15H9FO2S. The lowest BCUT2D eigenvalue weighted by atomic mass is 10.1. The van der Waals surface area contributed by atoms with Crippen LogP contribution in [0.2, 0.25) is 0 Å². The van der Waals surface area contributed by atoms with E-state index < -0.39 is 0 Å². The number of thiophene rings is 1. The van der Waals surface area contributed by atoms with Crippen molar-refractivity contribution in [1.29, 1.82) is 0 Å². The molecule has 0 amide bonds. The Labute approximate surface area is 113 Å². The third-order valence-electron chi connectivity index (χ3n) is 2.69. The minimum atomic E-state index is -0.382. The zero-order valence-corrected chi connectivity index (χ0v) is 10.6. The molecule has 0 aliphatic carbocycles. The zero-order chi connectivity index (χ0) is 13.2. The van der Waals surface area contributed by atoms with E-state index in [1.165, 1.54) is 12.1 Å². The van der Waals surface area contributed by atoms with Crippen LogP contribution in [0, 0.1) is 5.82 Å². The fraction of sp³-hybridized carbons (Fsp3) is 0. The summed E-state index contributed by atoms with van der Waals surface area (Å²) in [6.07, 6.45) is 3.46. The van der Waals surface area contributed by atoms with E-state index in [9.17, 15) is 9.18 Å². The van der Waals surface area contributed by atoms with Crippen LogP contribution in [0.15, 0.2) is 53.4 Å². The van der Waals surface area contributed by atoms with Gasteiger partial charge < -0.3 is 4.74 Å². The van der Waals surface area contributed by atoms with Gasteiger partial charge in [-0.05, 0) is 47.9 Å². The molecule has 0 saturated carbocycles. The summed E-state index contributed by atoms with van der Waals surface area (Å²) < 4.78 is 18.0. The summed E-state index contributed by atoms with van der Waals surface area (Å²) in [7, 11) is 0. The molecule has 1 aromatic carbocycles. The number of halogens is 1. The van der Waals surface area contributed by atoms with Gasteiger partial charge in [0.1, 0.15) is 11.6 Å². The second kappa shape index (κ2) is 4.82. The third-order valence-corrected chi connectivity index (χ3v) is 3.51. The zero-order valence-electron chi connectivity index (χ0n) is 9.80. The maximum atomic E-state index is 12.8. The summed E-state index contributed by atoms with van der Waals surface area (Å²) in [5.41, 5.74) is 1.19. The molecule has 1 aliphatic heterocycles. The van der Waals surface area contributed by atoms with Gasteiger partial charge >= 0.3 is 5.97 Å². The van der Waals surface area contributed by atoms with Crippen LogP contribution < -0.4 is 0 Å². The molecule has 0 radical (unpaired) electrons. The molecule has 1 aliphatic rings. The highest BCUT2D eigenvalue weighted by Gasteiger charge is 2.21. The molecule has 0 saturated heterocycles. The lowest BCUT2D eigenvalue weighted by Gasteiger charge is -2.00. The summed E-state index contributed by atoms with van der Waals surface area (Å²) in [4.78, 5) is 12.7. The first-order chi connectivity index (χ1) is 9.22. The van der Waals surface area contributed by atoms with Crippen LogP contribution >= 0.6 is 11.3 Å². The number of ether oxygens (including phenoxy) is 1. The number of hydrogen-bond donors (Lipinski definition) is 0. The summed E-state index contributed by atoms with van der Waals surface area (Å²) in [6, 6.07) is 9.69. The minimum absolute atomic E-state index is 0.317. The predicted octanol–water partition coefficient (Wildman–Crippen LogP) is 3.87. The van der Waals surface area contributed by atoms with E-state index in [1.807, 2.05) is 17.5 Å². The number of esters is 1. The van der Waals surface area contributed by atoms with Gasteiger partial charge in [0.25, 0.3) is 0 Å². The predicted molar refractivity (Wildman–Crippen MR) is 72.8 cm³/mol. The van der Waals surface area contributed by atoms with Gasteiger partial charge in [-0.25, -0.2) is 9.18 Å². The Kier molecular flexibility index (Phi) is 3.01. The van der Waals surface area contributed by atoms with E-state index in [4.69, 9.17) is 4.74 Å². The normalized spacial score (nSPS) is 16.6. The van der Waals surface area contributed by atoms with Crippen LogP contribution in [-0.2, 0) is 9.53 Å². The molecule has 94 valence electrons. The first-order valence-corrected chi connectivity index (χ1v) is 6.55. The molecule has 2 aromatic rings. The van der Waals surface area contributed by atoms with Gasteiger partial charge in [-0.2, -0.15) is 0 Å². The Balaban J connectivity index is 1.93. The van der Waals surface area contributed by atoms with Crippen molar-refractivity contribution >= 4 is 29.1 Å². The summed E-state index contributed by atoms with van der Waals surface area (Å²) in [6.45, 7) is 0. The van der Waals surface area contributed by atoms with Gasteiger partial charge in [0.15, 0.2) is 0 Å². The standard InChI is InChI=1S/C15H9FO2S/c16-12-5-3-10(4-6-12)14-9-11(15(17)18-14)8-13-2-1-7-19-13/h1-9H/b11-8+. The number of carbonyl (C=O) groups excluding carboxylic acids is 1. The quantitative estimate of drug-likeness (QED) is 0.613. The fourth-order valence-corrected chi connectivity index (χ4v) is 2.44. The molecule has 0 fully saturated rings. The molecule has 2 heterocycles. The molecule has 0 bridgehead atoms. The molecule has 3 rings (SSSR count). The maximum absolute atomic E-state index is 12.8. The van der Waals surface area contributed by atoms with E-state index in [1.54, 1.807) is 35.6 Å². The van der Waals surface area contributed by atoms with E-state index in [-0.39, 0.29) is 11.8 Å². The average molecular weight is 272 g/mol. The van der Waals surface area contributed by atoms with Crippen LogP contribution in [0.25, 0.3) is 11.8 Å². The number of carbonyl (C=O) groups is 1. The van der Waals surface area contributed by atoms with Crippen LogP contribution in [0.5, 0.6) is 0 Å². The smallest absolute Gasteiger partial charge is 0.343 e. The summed E-state index contributed by atoms with van der Waals surface area (Å²) in [5, 5.41) is 1.94. The SMILES string of the molecule is O=C1OC(c2ccc(F)cc2)=C/C1=C\c1cccs1. The van der Waals surface area contributed by atoms with Crippen molar-refractivity contribution in [1.82, 2.24) is 0 Å². The lowest BCUT2D eigenvalue weighted by Crippen LogP contribution is -1.96. The molecule has 0 atom stereocenters. The number of benzene rings is 1. The number of cyclic esters (lactones) is 1. The molecule has 2 nitrogen and oxygen atoms in total. The highest BCUT2D eigenvalue weighted by Crippen LogP contribution is 2.28. The van der Waals surface area contributed by atoms with Crippen molar-refractivity contribution in [2.75, 3.05) is 0 Å². The van der Waals surface area contributed by atoms with Crippen molar-refractivity contribution < 1.29 is 13.9 Å². The highest BCUT2D eigenvalue weighted by molar-refractivity contribution is 7.10. The van der Waals surface area contributed by atoms with Gasteiger partial charge in [0.2, 0.25) is 0 Å². The molecule has 19 heavy (non-hydrogen) atoms. The number of rotatable bonds is 2. The van der Waals surface area contributed by atoms with Crippen molar-refractivity contribution in [3.63, 3.8) is 0 Å². The highest BCUT2D eigenvalue weighted by atomic mass is 32.1. The van der Waals surface area contributed by atoms with Gasteiger partial charge in [-0.1, -0.05) is 6.07 Å². The topological polar surface area (TPSA) is 26.3 Å². The fourth-order valence-electron chi connectivity index (χ4n) is 1.77. The number of hydrogen-bond acceptors (Lipinski definition) is 3. The van der Waals surface area contributed by atoms with Crippen LogP contribution in [0.4, 0.5) is 4.39 Å². The Morgan fingerprint density at radius 1 is 1.16 bits per heavy atom. The van der Waals surface area contributed by atoms with Gasteiger partial charge in [-0.15, -0.1) is 11.3 Å². The van der Waals surface area contributed by atoms with Gasteiger partial charge in [0, 0.05) is 10.4 Å². The third kappa shape index (κ3) is 2.48. The van der Waals surface area contributed by atoms with Crippen LogP contribution in [0.3, 0.4) is 0 Å². The van der Waals surface area contributed by atoms with E-state index in [2.05, 4.69) is 0 Å². The molecule has 0 spiro atoms. The molecule has 1 aromatic heterocycles. The Hall–Kier alpha value is -2.20. The van der Waals surface area contributed by atoms with Crippen molar-refractivity contribution in [2.24, 2.45) is 0 Å². The van der Waals surface area contributed by atoms with E-state index in [0.29, 0.717) is 16.9 Å². The van der Waals surface area contributed by atoms with Crippen molar-refractivity contribution in [3.8, 4) is 0 Å². The van der Waals surface area contributed by atoms with Crippen molar-refractivity contribution in [2.45, 2.75) is 0 Å². The van der Waals surface area contributed by atoms with E-state index in [0.717, 1.165) is 4.88 Å². The maximum Gasteiger partial charge on any atom is 0.343 e.